The Hall–Kier alpha value is -2.48. The van der Waals surface area contributed by atoms with E-state index in [9.17, 15) is 39.8 Å². The second-order valence-electron chi connectivity index (χ2n) is 18.7. The van der Waals surface area contributed by atoms with Gasteiger partial charge in [-0.25, -0.2) is 4.57 Å². The minimum atomic E-state index is -5.04. The normalized spacial score (nSPS) is 21.5. The van der Waals surface area contributed by atoms with Gasteiger partial charge in [-0.3, -0.25) is 13.8 Å². The molecule has 0 aromatic heterocycles. The average molecular weight is 1010 g/mol. The van der Waals surface area contributed by atoms with Crippen LogP contribution < -0.4 is 0 Å². The number of phosphoric acid groups is 1. The zero-order valence-corrected chi connectivity index (χ0v) is 44.4. The molecular formula is C57H99O12P. The second-order valence-corrected chi connectivity index (χ2v) is 20.1. The van der Waals surface area contributed by atoms with Crippen LogP contribution >= 0.6 is 7.82 Å². The van der Waals surface area contributed by atoms with Crippen molar-refractivity contribution in [3.63, 3.8) is 0 Å². The van der Waals surface area contributed by atoms with Crippen LogP contribution in [0.5, 0.6) is 0 Å². The van der Waals surface area contributed by atoms with Crippen LogP contribution in [0.3, 0.4) is 0 Å². The summed E-state index contributed by atoms with van der Waals surface area (Å²) in [7, 11) is -5.04. The Labute approximate surface area is 424 Å². The lowest BCUT2D eigenvalue weighted by molar-refractivity contribution is -0.220. The van der Waals surface area contributed by atoms with Gasteiger partial charge in [-0.15, -0.1) is 0 Å². The fourth-order valence-electron chi connectivity index (χ4n) is 7.94. The summed E-state index contributed by atoms with van der Waals surface area (Å²) < 4.78 is 34.4. The van der Waals surface area contributed by atoms with Gasteiger partial charge in [-0.2, -0.15) is 0 Å². The van der Waals surface area contributed by atoms with Crippen LogP contribution in [0, 0.1) is 0 Å². The molecule has 0 bridgehead atoms. The summed E-state index contributed by atoms with van der Waals surface area (Å²) in [4.78, 5) is 23.3. The number of aliphatic hydroxyl groups excluding tert-OH is 5. The molecule has 0 aliphatic heterocycles. The molecule has 0 aromatic carbocycles. The smallest absolute Gasteiger partial charge is 0.457 e. The van der Waals surface area contributed by atoms with Gasteiger partial charge in [-0.05, 0) is 89.9 Å². The number of carbonyl (C=O) groups is 1. The molecular weight excluding hydrogens is 908 g/mol. The Kier molecular flexibility index (Phi) is 43.4. The number of unbranched alkanes of at least 4 members (excludes halogenated alkanes) is 20. The molecule has 13 heteroatoms. The zero-order valence-electron chi connectivity index (χ0n) is 43.5. The molecule has 1 fully saturated rings. The molecule has 0 spiro atoms. The number of carbonyl (C=O) groups excluding carboxylic acids is 1. The van der Waals surface area contributed by atoms with Crippen molar-refractivity contribution in [3.05, 3.63) is 85.1 Å². The first-order valence-electron chi connectivity index (χ1n) is 27.4. The second kappa shape index (κ2) is 46.3. The molecule has 0 heterocycles. The van der Waals surface area contributed by atoms with Gasteiger partial charge in [0.05, 0.1) is 13.2 Å². The van der Waals surface area contributed by atoms with Crippen molar-refractivity contribution in [1.29, 1.82) is 0 Å². The highest BCUT2D eigenvalue weighted by Gasteiger charge is 2.51. The molecule has 404 valence electrons. The molecule has 0 saturated heterocycles. The third-order valence-corrected chi connectivity index (χ3v) is 13.2. The van der Waals surface area contributed by atoms with Gasteiger partial charge in [0.25, 0.3) is 0 Å². The molecule has 6 atom stereocenters. The first kappa shape index (κ1) is 65.5. The molecule has 0 amide bonds. The minimum absolute atomic E-state index is 0.0909. The van der Waals surface area contributed by atoms with Crippen LogP contribution in [0.15, 0.2) is 85.1 Å². The summed E-state index contributed by atoms with van der Waals surface area (Å²) >= 11 is 0. The van der Waals surface area contributed by atoms with Crippen molar-refractivity contribution in [1.82, 2.24) is 0 Å². The van der Waals surface area contributed by atoms with Crippen LogP contribution in [0.1, 0.15) is 206 Å². The molecule has 12 nitrogen and oxygen atoms in total. The fourth-order valence-corrected chi connectivity index (χ4v) is 8.91. The van der Waals surface area contributed by atoms with Gasteiger partial charge in [-0.1, -0.05) is 195 Å². The van der Waals surface area contributed by atoms with Crippen LogP contribution in [-0.4, -0.2) is 98.9 Å². The summed E-state index contributed by atoms with van der Waals surface area (Å²) in [6.07, 6.45) is 50.7. The molecule has 1 rings (SSSR count). The highest BCUT2D eigenvalue weighted by molar-refractivity contribution is 7.47. The van der Waals surface area contributed by atoms with E-state index in [1.165, 1.54) is 70.6 Å². The third kappa shape index (κ3) is 37.3. The number of hydrogen-bond acceptors (Lipinski definition) is 11. The first-order valence-corrected chi connectivity index (χ1v) is 28.9. The fraction of sp³-hybridized carbons (Fsp3) is 0.737. The SMILES string of the molecule is CC/C=C\C/C=C\C/C=C\C/C=C\CCCCCCCCCCCOCC(COP(=O)(O)OC1C(O)C(O)C(O)C(O)C1O)OC(=O)CCCCCCCC/C=C\C/C=C\C/C=C\CCCCCCC. The Bertz CT molecular complexity index is 1480. The predicted molar refractivity (Wildman–Crippen MR) is 285 cm³/mol. The van der Waals surface area contributed by atoms with Crippen LogP contribution in [0.4, 0.5) is 0 Å². The Morgan fingerprint density at radius 2 is 0.843 bits per heavy atom. The van der Waals surface area contributed by atoms with E-state index in [1.807, 2.05) is 0 Å². The van der Waals surface area contributed by atoms with E-state index in [0.717, 1.165) is 109 Å². The van der Waals surface area contributed by atoms with Crippen molar-refractivity contribution < 1.29 is 58.3 Å². The summed E-state index contributed by atoms with van der Waals surface area (Å²) in [6, 6.07) is 0. The van der Waals surface area contributed by atoms with E-state index < -0.39 is 63.1 Å². The van der Waals surface area contributed by atoms with E-state index in [4.69, 9.17) is 18.5 Å². The third-order valence-electron chi connectivity index (χ3n) is 12.3. The molecule has 0 aromatic rings. The maximum absolute atomic E-state index is 12.9. The number of phosphoric ester groups is 1. The summed E-state index contributed by atoms with van der Waals surface area (Å²) in [5, 5.41) is 50.4. The quantitative estimate of drug-likeness (QED) is 0.0147. The van der Waals surface area contributed by atoms with E-state index in [1.54, 1.807) is 0 Å². The van der Waals surface area contributed by atoms with Crippen molar-refractivity contribution in [2.75, 3.05) is 19.8 Å². The van der Waals surface area contributed by atoms with E-state index in [-0.39, 0.29) is 13.0 Å². The summed E-state index contributed by atoms with van der Waals surface area (Å²) in [6.45, 7) is 4.12. The van der Waals surface area contributed by atoms with Gasteiger partial charge < -0.3 is 39.9 Å². The topological polar surface area (TPSA) is 192 Å². The van der Waals surface area contributed by atoms with Gasteiger partial charge in [0, 0.05) is 13.0 Å². The van der Waals surface area contributed by atoms with E-state index in [2.05, 4.69) is 98.9 Å². The maximum Gasteiger partial charge on any atom is 0.472 e. The number of aliphatic hydroxyl groups is 5. The Morgan fingerprint density at radius 1 is 0.471 bits per heavy atom. The van der Waals surface area contributed by atoms with Gasteiger partial charge in [0.1, 0.15) is 42.7 Å². The van der Waals surface area contributed by atoms with E-state index >= 15 is 0 Å². The monoisotopic (exact) mass is 1010 g/mol. The molecule has 6 unspecified atom stereocenters. The number of hydrogen-bond donors (Lipinski definition) is 6. The number of allylic oxidation sites excluding steroid dienone is 14. The Morgan fingerprint density at radius 3 is 1.29 bits per heavy atom. The summed E-state index contributed by atoms with van der Waals surface area (Å²) in [5.41, 5.74) is 0. The highest BCUT2D eigenvalue weighted by Crippen LogP contribution is 2.47. The lowest BCUT2D eigenvalue weighted by atomic mass is 9.85. The lowest BCUT2D eigenvalue weighted by Gasteiger charge is -2.41. The average Bonchev–Trinajstić information content (AvgIpc) is 3.35. The van der Waals surface area contributed by atoms with Gasteiger partial charge >= 0.3 is 13.8 Å². The zero-order chi connectivity index (χ0) is 51.2. The molecule has 70 heavy (non-hydrogen) atoms. The largest absolute Gasteiger partial charge is 0.472 e. The summed E-state index contributed by atoms with van der Waals surface area (Å²) in [5.74, 6) is -0.494. The van der Waals surface area contributed by atoms with E-state index in [0.29, 0.717) is 13.0 Å². The molecule has 1 aliphatic rings. The van der Waals surface area contributed by atoms with Crippen LogP contribution in [-0.2, 0) is 27.9 Å². The van der Waals surface area contributed by atoms with Crippen molar-refractivity contribution >= 4 is 13.8 Å². The number of ether oxygens (including phenoxy) is 2. The first-order chi connectivity index (χ1) is 34.0. The standard InChI is InChI=1S/C57H99O12P/c1-3-5-7-9-11-13-15-17-19-21-23-25-27-29-31-33-35-37-39-41-43-45-47-66-48-50(49-67-70(64,65)69-57-55(62)53(60)52(59)54(61)56(57)63)68-51(58)46-44-42-40-38-36-34-32-30-28-26-24-22-20-18-16-14-12-10-8-6-4-2/h5,7,11,13,16-19,22-25,28,30,50,52-57,59-63H,3-4,6,8-10,12,14-15,20-21,26-27,29,31-49H2,1-2H3,(H,64,65)/b7-5-,13-11-,18-16-,19-17-,24-22-,25-23-,30-28-. The lowest BCUT2D eigenvalue weighted by Crippen LogP contribution is -2.64. The van der Waals surface area contributed by atoms with Crippen molar-refractivity contribution in [2.45, 2.75) is 249 Å². The maximum atomic E-state index is 12.9. The van der Waals surface area contributed by atoms with Gasteiger partial charge in [0.15, 0.2) is 0 Å². The van der Waals surface area contributed by atoms with Gasteiger partial charge in [0.2, 0.25) is 0 Å². The number of esters is 1. The minimum Gasteiger partial charge on any atom is -0.457 e. The molecule has 6 N–H and O–H groups in total. The number of rotatable bonds is 46. The predicted octanol–water partition coefficient (Wildman–Crippen LogP) is 12.9. The van der Waals surface area contributed by atoms with Crippen molar-refractivity contribution in [3.8, 4) is 0 Å². The highest BCUT2D eigenvalue weighted by atomic mass is 31.2. The molecule has 0 radical (unpaired) electrons. The van der Waals surface area contributed by atoms with Crippen molar-refractivity contribution in [2.24, 2.45) is 0 Å². The molecule has 1 saturated carbocycles. The van der Waals surface area contributed by atoms with Crippen LogP contribution in [0.2, 0.25) is 0 Å². The van der Waals surface area contributed by atoms with Crippen LogP contribution in [0.25, 0.3) is 0 Å². The Balaban J connectivity index is 2.34. The molecule has 1 aliphatic carbocycles.